The molecule has 9 heteroatoms. The zero-order valence-corrected chi connectivity index (χ0v) is 27.4. The van der Waals surface area contributed by atoms with Crippen LogP contribution >= 0.6 is 0 Å². The molecule has 2 bridgehead atoms. The summed E-state index contributed by atoms with van der Waals surface area (Å²) in [5.41, 5.74) is -0.197. The maximum Gasteiger partial charge on any atom is 0.249 e. The van der Waals surface area contributed by atoms with Crippen LogP contribution in [0.1, 0.15) is 46.1 Å². The molecular formula is C37H47N3O6. The molecule has 0 aliphatic carbocycles. The largest absolute Gasteiger partial charge is 0.494 e. The number of carbonyl (C=O) groups is 3. The van der Waals surface area contributed by atoms with Crippen LogP contribution in [-0.2, 0) is 25.5 Å². The molecule has 0 aromatic heterocycles. The number of hydrogen-bond acceptors (Lipinski definition) is 6. The summed E-state index contributed by atoms with van der Waals surface area (Å²) in [5, 5.41) is 10.8. The van der Waals surface area contributed by atoms with Gasteiger partial charge in [0.15, 0.2) is 0 Å². The van der Waals surface area contributed by atoms with E-state index in [1.165, 1.54) is 0 Å². The van der Waals surface area contributed by atoms with Gasteiger partial charge in [-0.2, -0.15) is 0 Å². The Morgan fingerprint density at radius 1 is 1.09 bits per heavy atom. The standard InChI is InChI=1S/C37H47N3O6/c1-7-21-38(26-15-17-28(18-16-26)45-9-3)33(42)30-29-19-20-37(46-29)31(30)34(43)40(27(24-41)23-25-13-11-10-12-14-25)32(37)35(44)39(22-8-2)36(4,5)6/h7-8,10-18,27,29-32,41H,1-2,9,19-24H2,3-6H3/t27-,29-,30+,31+,32?,37?/m1/s1. The first kappa shape index (κ1) is 33.4. The lowest BCUT2D eigenvalue weighted by atomic mass is 9.70. The third-order valence-electron chi connectivity index (χ3n) is 9.60. The Labute approximate surface area is 272 Å². The topological polar surface area (TPSA) is 99.6 Å². The van der Waals surface area contributed by atoms with E-state index in [4.69, 9.17) is 9.47 Å². The van der Waals surface area contributed by atoms with Gasteiger partial charge in [0.05, 0.1) is 37.2 Å². The third-order valence-corrected chi connectivity index (χ3v) is 9.60. The Hall–Kier alpha value is -3.95. The van der Waals surface area contributed by atoms with E-state index in [1.54, 1.807) is 26.9 Å². The molecule has 1 spiro atoms. The Bertz CT molecular complexity index is 1440. The number of aliphatic hydroxyl groups excluding tert-OH is 1. The van der Waals surface area contributed by atoms with E-state index in [-0.39, 0.29) is 37.4 Å². The number of anilines is 1. The van der Waals surface area contributed by atoms with Crippen molar-refractivity contribution in [1.82, 2.24) is 9.80 Å². The molecule has 3 aliphatic heterocycles. The van der Waals surface area contributed by atoms with Gasteiger partial charge >= 0.3 is 0 Å². The van der Waals surface area contributed by atoms with Crippen LogP contribution in [0.25, 0.3) is 0 Å². The molecule has 5 rings (SSSR count). The summed E-state index contributed by atoms with van der Waals surface area (Å²) < 4.78 is 12.3. The molecule has 3 aliphatic rings. The van der Waals surface area contributed by atoms with Gasteiger partial charge in [0, 0.05) is 24.3 Å². The number of hydrogen-bond donors (Lipinski definition) is 1. The molecular weight excluding hydrogens is 582 g/mol. The molecule has 0 radical (unpaired) electrons. The van der Waals surface area contributed by atoms with Crippen molar-refractivity contribution in [3.63, 3.8) is 0 Å². The van der Waals surface area contributed by atoms with E-state index < -0.39 is 41.2 Å². The molecule has 2 aromatic rings. The summed E-state index contributed by atoms with van der Waals surface area (Å²) in [6.07, 6.45) is 4.18. The fraction of sp³-hybridized carbons (Fsp3) is 0.486. The van der Waals surface area contributed by atoms with Gasteiger partial charge in [-0.05, 0) is 76.8 Å². The summed E-state index contributed by atoms with van der Waals surface area (Å²) in [6.45, 7) is 16.2. The molecule has 6 atom stereocenters. The zero-order valence-electron chi connectivity index (χ0n) is 27.4. The zero-order chi connectivity index (χ0) is 33.2. The fourth-order valence-electron chi connectivity index (χ4n) is 7.67. The van der Waals surface area contributed by atoms with Crippen LogP contribution in [0.2, 0.25) is 0 Å². The van der Waals surface area contributed by atoms with Gasteiger partial charge in [-0.25, -0.2) is 0 Å². The first-order valence-corrected chi connectivity index (χ1v) is 16.2. The number of ether oxygens (including phenoxy) is 2. The number of likely N-dealkylation sites (tertiary alicyclic amines) is 1. The van der Waals surface area contributed by atoms with Crippen molar-refractivity contribution < 1.29 is 29.0 Å². The van der Waals surface area contributed by atoms with Crippen LogP contribution in [0.5, 0.6) is 5.75 Å². The van der Waals surface area contributed by atoms with Crippen LogP contribution in [-0.4, -0.2) is 88.3 Å². The minimum atomic E-state index is -1.20. The predicted octanol–water partition coefficient (Wildman–Crippen LogP) is 4.40. The van der Waals surface area contributed by atoms with Crippen LogP contribution in [0.4, 0.5) is 5.69 Å². The second-order valence-electron chi connectivity index (χ2n) is 13.4. The molecule has 46 heavy (non-hydrogen) atoms. The first-order valence-electron chi connectivity index (χ1n) is 16.2. The highest BCUT2D eigenvalue weighted by Crippen LogP contribution is 2.59. The van der Waals surface area contributed by atoms with Crippen molar-refractivity contribution in [1.29, 1.82) is 0 Å². The molecule has 1 N–H and O–H groups in total. The van der Waals surface area contributed by atoms with Gasteiger partial charge < -0.3 is 29.3 Å². The van der Waals surface area contributed by atoms with E-state index in [9.17, 15) is 19.5 Å². The predicted molar refractivity (Wildman–Crippen MR) is 177 cm³/mol. The van der Waals surface area contributed by atoms with Gasteiger partial charge in [-0.1, -0.05) is 42.5 Å². The molecule has 2 aromatic carbocycles. The van der Waals surface area contributed by atoms with Crippen LogP contribution in [0, 0.1) is 11.8 Å². The number of amides is 3. The molecule has 3 fully saturated rings. The normalized spacial score (nSPS) is 25.6. The highest BCUT2D eigenvalue weighted by Gasteiger charge is 2.75. The van der Waals surface area contributed by atoms with E-state index in [0.29, 0.717) is 37.3 Å². The number of benzene rings is 2. The Balaban J connectivity index is 1.58. The molecule has 9 nitrogen and oxygen atoms in total. The lowest BCUT2D eigenvalue weighted by Gasteiger charge is -2.43. The highest BCUT2D eigenvalue weighted by molar-refractivity contribution is 6.03. The number of fused-ring (bicyclic) bond motifs is 1. The van der Waals surface area contributed by atoms with Gasteiger partial charge in [0.1, 0.15) is 17.4 Å². The van der Waals surface area contributed by atoms with Crippen molar-refractivity contribution in [3.05, 3.63) is 85.5 Å². The minimum Gasteiger partial charge on any atom is -0.494 e. The smallest absolute Gasteiger partial charge is 0.249 e. The molecule has 3 saturated heterocycles. The van der Waals surface area contributed by atoms with Gasteiger partial charge in [0.25, 0.3) is 0 Å². The Kier molecular flexibility index (Phi) is 9.75. The Morgan fingerprint density at radius 3 is 2.35 bits per heavy atom. The third kappa shape index (κ3) is 5.86. The van der Waals surface area contributed by atoms with Gasteiger partial charge in [0.2, 0.25) is 17.7 Å². The van der Waals surface area contributed by atoms with Crippen LogP contribution < -0.4 is 9.64 Å². The average Bonchev–Trinajstić information content (AvgIpc) is 3.68. The van der Waals surface area contributed by atoms with Crippen molar-refractivity contribution in [3.8, 4) is 5.75 Å². The lowest BCUT2D eigenvalue weighted by molar-refractivity contribution is -0.154. The van der Waals surface area contributed by atoms with Gasteiger partial charge in [-0.15, -0.1) is 13.2 Å². The first-order chi connectivity index (χ1) is 22.0. The quantitative estimate of drug-likeness (QED) is 0.330. The highest BCUT2D eigenvalue weighted by atomic mass is 16.5. The number of nitrogens with zero attached hydrogens (tertiary/aromatic N) is 3. The Morgan fingerprint density at radius 2 is 1.76 bits per heavy atom. The van der Waals surface area contributed by atoms with Gasteiger partial charge in [-0.3, -0.25) is 14.4 Å². The molecule has 3 heterocycles. The monoisotopic (exact) mass is 629 g/mol. The summed E-state index contributed by atoms with van der Waals surface area (Å²) in [5.74, 6) is -1.82. The summed E-state index contributed by atoms with van der Waals surface area (Å²) in [7, 11) is 0. The van der Waals surface area contributed by atoms with Crippen LogP contribution in [0.3, 0.4) is 0 Å². The number of aliphatic hydroxyl groups is 1. The minimum absolute atomic E-state index is 0.237. The maximum atomic E-state index is 14.8. The van der Waals surface area contributed by atoms with Crippen LogP contribution in [0.15, 0.2) is 79.9 Å². The van der Waals surface area contributed by atoms with Crippen molar-refractivity contribution in [2.45, 2.75) is 76.3 Å². The molecule has 3 amide bonds. The lowest BCUT2D eigenvalue weighted by Crippen LogP contribution is -2.62. The van der Waals surface area contributed by atoms with Crippen molar-refractivity contribution in [2.24, 2.45) is 11.8 Å². The number of rotatable bonds is 13. The van der Waals surface area contributed by atoms with E-state index in [2.05, 4.69) is 13.2 Å². The maximum absolute atomic E-state index is 14.8. The summed E-state index contributed by atoms with van der Waals surface area (Å²) in [4.78, 5) is 49.0. The van der Waals surface area contributed by atoms with E-state index in [1.807, 2.05) is 82.3 Å². The second-order valence-corrected chi connectivity index (χ2v) is 13.4. The molecule has 0 saturated carbocycles. The van der Waals surface area contributed by atoms with E-state index in [0.717, 1.165) is 5.56 Å². The van der Waals surface area contributed by atoms with Crippen molar-refractivity contribution in [2.75, 3.05) is 31.2 Å². The average molecular weight is 630 g/mol. The molecule has 2 unspecified atom stereocenters. The SMILES string of the molecule is C=CCN(C(=O)[C@@H]1[C@H]2C(=O)N([C@@H](CO)Cc3ccccc3)C(C(=O)N(CC=C)C(C)(C)C)C23CC[C@H]1O3)c1ccc(OCC)cc1. The second kappa shape index (κ2) is 13.4. The van der Waals surface area contributed by atoms with Crippen molar-refractivity contribution >= 4 is 23.4 Å². The fourth-order valence-corrected chi connectivity index (χ4v) is 7.67. The summed E-state index contributed by atoms with van der Waals surface area (Å²) >= 11 is 0. The molecule has 246 valence electrons. The van der Waals surface area contributed by atoms with E-state index >= 15 is 0 Å². The summed E-state index contributed by atoms with van der Waals surface area (Å²) in [6, 6.07) is 15.2. The number of carbonyl (C=O) groups excluding carboxylic acids is 3.